The van der Waals surface area contributed by atoms with Gasteiger partial charge in [0.05, 0.1) is 19.8 Å². The number of rotatable bonds is 31. The lowest BCUT2D eigenvalue weighted by atomic mass is 9.98. The molecule has 15 heteroatoms. The first-order valence-electron chi connectivity index (χ1n) is 21.2. The normalized spacial score (nSPS) is 28.7. The van der Waals surface area contributed by atoms with Crippen molar-refractivity contribution in [3.05, 3.63) is 12.2 Å². The third-order valence-corrected chi connectivity index (χ3v) is 10.3. The zero-order valence-electron chi connectivity index (χ0n) is 33.9. The smallest absolute Gasteiger partial charge is 0.306 e. The van der Waals surface area contributed by atoms with Gasteiger partial charge in [-0.05, 0) is 32.1 Å². The largest absolute Gasteiger partial charge is 0.462 e. The van der Waals surface area contributed by atoms with Gasteiger partial charge in [0.15, 0.2) is 18.7 Å². The summed E-state index contributed by atoms with van der Waals surface area (Å²) in [6.07, 6.45) is 11.0. The molecule has 2 heterocycles. The Balaban J connectivity index is 1.61. The van der Waals surface area contributed by atoms with Gasteiger partial charge in [-0.1, -0.05) is 109 Å². The van der Waals surface area contributed by atoms with Crippen molar-refractivity contribution in [1.29, 1.82) is 0 Å². The lowest BCUT2D eigenvalue weighted by molar-refractivity contribution is -0.332. The molecule has 0 aromatic carbocycles. The third-order valence-electron chi connectivity index (χ3n) is 10.3. The Morgan fingerprint density at radius 1 is 0.589 bits per heavy atom. The van der Waals surface area contributed by atoms with E-state index in [-0.39, 0.29) is 19.6 Å². The van der Waals surface area contributed by atoms with E-state index in [1.165, 1.54) is 96.8 Å². The van der Waals surface area contributed by atoms with E-state index in [2.05, 4.69) is 19.1 Å². The topological polar surface area (TPSA) is 231 Å². The van der Waals surface area contributed by atoms with E-state index in [0.717, 1.165) is 25.7 Å². The summed E-state index contributed by atoms with van der Waals surface area (Å²) in [4.78, 5) is 24.1. The molecule has 0 aromatic heterocycles. The monoisotopic (exact) mass is 807 g/mol. The van der Waals surface area contributed by atoms with Crippen LogP contribution < -0.4 is 0 Å². The van der Waals surface area contributed by atoms with Crippen molar-refractivity contribution in [3.8, 4) is 0 Å². The molecule has 2 fully saturated rings. The van der Waals surface area contributed by atoms with Gasteiger partial charge in [-0.2, -0.15) is 0 Å². The molecule has 0 bridgehead atoms. The van der Waals surface area contributed by atoms with Crippen LogP contribution in [0.1, 0.15) is 142 Å². The quantitative estimate of drug-likeness (QED) is 0.0302. The Kier molecular flexibility index (Phi) is 27.3. The van der Waals surface area contributed by atoms with Crippen LogP contribution in [0.3, 0.4) is 0 Å². The number of allylic oxidation sites excluding steroid dienone is 2. The molecule has 0 amide bonds. The molecule has 328 valence electrons. The summed E-state index contributed by atoms with van der Waals surface area (Å²) in [6.45, 7) is 1.53. The standard InChI is InChI=1S/C41H74O15/c1-3-4-5-6-7-8-9-10-11-12-13-14-15-16-17-18-19-20-21-22-23-24-33(44)54-30(26-51-29(2)43)27-52-40-39(50)37(48)35(46)32(56-40)28-53-41-38(49)36(47)34(45)31(25-42)55-41/h12-13,30-32,34-42,45-50H,3-11,14-28H2,1-2H3/b13-12-. The maximum Gasteiger partial charge on any atom is 0.306 e. The second-order valence-corrected chi connectivity index (χ2v) is 15.2. The van der Waals surface area contributed by atoms with Crippen LogP contribution in [0.2, 0.25) is 0 Å². The van der Waals surface area contributed by atoms with E-state index in [1.54, 1.807) is 0 Å². The summed E-state index contributed by atoms with van der Waals surface area (Å²) in [5, 5.41) is 71.0. The fourth-order valence-corrected chi connectivity index (χ4v) is 6.76. The summed E-state index contributed by atoms with van der Waals surface area (Å²) >= 11 is 0. The van der Waals surface area contributed by atoms with E-state index in [0.29, 0.717) is 6.42 Å². The first-order valence-corrected chi connectivity index (χ1v) is 21.2. The number of aliphatic hydroxyl groups is 7. The number of esters is 2. The van der Waals surface area contributed by atoms with Crippen molar-refractivity contribution in [1.82, 2.24) is 0 Å². The minimum Gasteiger partial charge on any atom is -0.462 e. The average molecular weight is 807 g/mol. The molecular formula is C41H74O15. The van der Waals surface area contributed by atoms with E-state index in [1.807, 2.05) is 0 Å². The van der Waals surface area contributed by atoms with Gasteiger partial charge in [-0.25, -0.2) is 0 Å². The van der Waals surface area contributed by atoms with Crippen molar-refractivity contribution < 1.29 is 73.8 Å². The van der Waals surface area contributed by atoms with Gasteiger partial charge < -0.3 is 64.2 Å². The van der Waals surface area contributed by atoms with Gasteiger partial charge in [-0.3, -0.25) is 9.59 Å². The third kappa shape index (κ3) is 20.3. The van der Waals surface area contributed by atoms with Crippen LogP contribution in [-0.2, 0) is 38.0 Å². The molecule has 0 saturated carbocycles. The highest BCUT2D eigenvalue weighted by atomic mass is 16.7. The van der Waals surface area contributed by atoms with Gasteiger partial charge in [0.2, 0.25) is 0 Å². The zero-order chi connectivity index (χ0) is 41.1. The van der Waals surface area contributed by atoms with Crippen LogP contribution in [0.5, 0.6) is 0 Å². The van der Waals surface area contributed by atoms with Crippen molar-refractivity contribution in [2.45, 2.75) is 210 Å². The molecule has 2 rings (SSSR count). The number of carbonyl (C=O) groups excluding carboxylic acids is 2. The zero-order valence-corrected chi connectivity index (χ0v) is 33.9. The van der Waals surface area contributed by atoms with Crippen molar-refractivity contribution >= 4 is 11.9 Å². The lowest BCUT2D eigenvalue weighted by Crippen LogP contribution is -2.61. The molecule has 0 radical (unpaired) electrons. The molecule has 0 spiro atoms. The molecule has 7 N–H and O–H groups in total. The van der Waals surface area contributed by atoms with Gasteiger partial charge in [0.25, 0.3) is 0 Å². The molecule has 0 aliphatic carbocycles. The number of aliphatic hydroxyl groups excluding tert-OH is 7. The van der Waals surface area contributed by atoms with Crippen LogP contribution in [0, 0.1) is 0 Å². The van der Waals surface area contributed by atoms with E-state index in [4.69, 9.17) is 28.4 Å². The van der Waals surface area contributed by atoms with Crippen LogP contribution in [0.15, 0.2) is 12.2 Å². The molecule has 15 nitrogen and oxygen atoms in total. The van der Waals surface area contributed by atoms with Gasteiger partial charge in [-0.15, -0.1) is 0 Å². The second kappa shape index (κ2) is 30.3. The molecule has 56 heavy (non-hydrogen) atoms. The molecule has 0 aromatic rings. The maximum atomic E-state index is 12.6. The van der Waals surface area contributed by atoms with Crippen molar-refractivity contribution in [2.24, 2.45) is 0 Å². The minimum absolute atomic E-state index is 0.161. The summed E-state index contributed by atoms with van der Waals surface area (Å²) in [6, 6.07) is 0. The van der Waals surface area contributed by atoms with Crippen LogP contribution in [0.4, 0.5) is 0 Å². The molecule has 2 saturated heterocycles. The van der Waals surface area contributed by atoms with Gasteiger partial charge >= 0.3 is 11.9 Å². The Morgan fingerprint density at radius 3 is 1.57 bits per heavy atom. The van der Waals surface area contributed by atoms with E-state index >= 15 is 0 Å². The average Bonchev–Trinajstić information content (AvgIpc) is 3.18. The SMILES string of the molecule is CCCCCCCCCC/C=C\CCCCCCCCCCCC(=O)OC(COC(C)=O)COC1OC(COC2OC(CO)C(O)C(O)C2O)C(O)C(O)C1O. The van der Waals surface area contributed by atoms with Crippen LogP contribution in [-0.4, -0.2) is 142 Å². The predicted octanol–water partition coefficient (Wildman–Crippen LogP) is 3.48. The van der Waals surface area contributed by atoms with E-state index < -0.39 is 92.7 Å². The summed E-state index contributed by atoms with van der Waals surface area (Å²) in [5.41, 5.74) is 0. The number of hydrogen-bond donors (Lipinski definition) is 7. The van der Waals surface area contributed by atoms with Crippen molar-refractivity contribution in [2.75, 3.05) is 26.4 Å². The Bertz CT molecular complexity index is 1040. The van der Waals surface area contributed by atoms with Gasteiger partial charge in [0, 0.05) is 13.3 Å². The lowest BCUT2D eigenvalue weighted by Gasteiger charge is -2.42. The molecule has 11 unspecified atom stereocenters. The summed E-state index contributed by atoms with van der Waals surface area (Å²) in [7, 11) is 0. The predicted molar refractivity (Wildman–Crippen MR) is 206 cm³/mol. The number of ether oxygens (including phenoxy) is 6. The Morgan fingerprint density at radius 2 is 1.05 bits per heavy atom. The molecular weight excluding hydrogens is 732 g/mol. The second-order valence-electron chi connectivity index (χ2n) is 15.2. The molecule has 11 atom stereocenters. The Hall–Kier alpha value is -1.76. The van der Waals surface area contributed by atoms with Crippen LogP contribution in [0.25, 0.3) is 0 Å². The highest BCUT2D eigenvalue weighted by molar-refractivity contribution is 5.69. The van der Waals surface area contributed by atoms with Crippen molar-refractivity contribution in [3.63, 3.8) is 0 Å². The number of unbranched alkanes of at least 4 members (excludes halogenated alkanes) is 17. The minimum atomic E-state index is -1.76. The first kappa shape index (κ1) is 50.4. The summed E-state index contributed by atoms with van der Waals surface area (Å²) < 4.78 is 32.5. The highest BCUT2D eigenvalue weighted by Crippen LogP contribution is 2.26. The number of hydrogen-bond acceptors (Lipinski definition) is 15. The maximum absolute atomic E-state index is 12.6. The molecule has 2 aliphatic heterocycles. The van der Waals surface area contributed by atoms with Crippen LogP contribution >= 0.6 is 0 Å². The van der Waals surface area contributed by atoms with E-state index in [9.17, 15) is 45.3 Å². The Labute approximate surface area is 333 Å². The summed E-state index contributed by atoms with van der Waals surface area (Å²) in [5.74, 6) is -1.12. The first-order chi connectivity index (χ1) is 27.0. The fraction of sp³-hybridized carbons (Fsp3) is 0.902. The fourth-order valence-electron chi connectivity index (χ4n) is 6.76. The highest BCUT2D eigenvalue weighted by Gasteiger charge is 2.47. The van der Waals surface area contributed by atoms with Gasteiger partial charge in [0.1, 0.15) is 55.4 Å². The molecule has 2 aliphatic rings. The number of carbonyl (C=O) groups is 2.